The molecule has 3 N–H and O–H groups in total. The van der Waals surface area contributed by atoms with Gasteiger partial charge in [-0.2, -0.15) is 0 Å². The molecule has 0 atom stereocenters. The number of rotatable bonds is 9. The molecule has 0 bridgehead atoms. The van der Waals surface area contributed by atoms with Gasteiger partial charge in [-0.1, -0.05) is 13.8 Å². The molecule has 1 amide bonds. The van der Waals surface area contributed by atoms with Gasteiger partial charge in [0.1, 0.15) is 5.60 Å². The molecule has 8 nitrogen and oxygen atoms in total. The normalized spacial score (nSPS) is 12.3. The van der Waals surface area contributed by atoms with Crippen LogP contribution in [0.25, 0.3) is 0 Å². The Morgan fingerprint density at radius 1 is 1.04 bits per heavy atom. The smallest absolute Gasteiger partial charge is 0.408 e. The molecule has 0 fully saturated rings. The molecule has 152 valence electrons. The third kappa shape index (κ3) is 10.1. The van der Waals surface area contributed by atoms with Crippen LogP contribution in [0, 0.1) is 0 Å². The molecule has 26 heavy (non-hydrogen) atoms. The second-order valence-electron chi connectivity index (χ2n) is 7.06. The highest BCUT2D eigenvalue weighted by Gasteiger charge is 2.30. The Bertz CT molecular complexity index is 468. The second-order valence-corrected chi connectivity index (χ2v) is 7.06. The number of carbonyl (C=O) groups excluding carboxylic acids is 2. The highest BCUT2D eigenvalue weighted by atomic mass is 16.6. The van der Waals surface area contributed by atoms with Crippen molar-refractivity contribution in [2.45, 2.75) is 71.9 Å². The molecule has 0 saturated heterocycles. The van der Waals surface area contributed by atoms with E-state index in [9.17, 15) is 9.59 Å². The first-order valence-corrected chi connectivity index (χ1v) is 9.21. The van der Waals surface area contributed by atoms with Crippen LogP contribution in [0.4, 0.5) is 4.79 Å². The zero-order valence-corrected chi connectivity index (χ0v) is 17.3. The van der Waals surface area contributed by atoms with Gasteiger partial charge in [0, 0.05) is 13.1 Å². The first-order valence-electron chi connectivity index (χ1n) is 9.21. The van der Waals surface area contributed by atoms with Gasteiger partial charge in [0.05, 0.1) is 25.6 Å². The second kappa shape index (κ2) is 11.6. The van der Waals surface area contributed by atoms with Crippen LogP contribution in [0.2, 0.25) is 0 Å². The Morgan fingerprint density at radius 3 is 2.12 bits per heavy atom. The van der Waals surface area contributed by atoms with Crippen molar-refractivity contribution in [2.75, 3.05) is 26.7 Å². The Labute approximate surface area is 157 Å². The standard InChI is InChI=1S/C18H36N4O4/c1-8-18(9-2,22-16(24)26-17(4,5)6)13-21-15(19-10-3)20-12-11-14(23)25-7/h8-13H2,1-7H3,(H,22,24)(H2,19,20,21). The Kier molecular flexibility index (Phi) is 10.7. The van der Waals surface area contributed by atoms with Gasteiger partial charge in [-0.05, 0) is 40.5 Å². The molecule has 0 aromatic carbocycles. The molecule has 0 heterocycles. The average molecular weight is 373 g/mol. The van der Waals surface area contributed by atoms with Crippen molar-refractivity contribution in [1.29, 1.82) is 0 Å². The summed E-state index contributed by atoms with van der Waals surface area (Å²) < 4.78 is 10.00. The van der Waals surface area contributed by atoms with Crippen molar-refractivity contribution in [1.82, 2.24) is 16.0 Å². The van der Waals surface area contributed by atoms with Gasteiger partial charge in [0.15, 0.2) is 5.96 Å². The van der Waals surface area contributed by atoms with Crippen molar-refractivity contribution in [3.05, 3.63) is 0 Å². The zero-order valence-electron chi connectivity index (χ0n) is 17.3. The van der Waals surface area contributed by atoms with Crippen molar-refractivity contribution >= 4 is 18.0 Å². The number of hydrogen-bond donors (Lipinski definition) is 3. The lowest BCUT2D eigenvalue weighted by molar-refractivity contribution is -0.140. The zero-order chi connectivity index (χ0) is 20.2. The van der Waals surface area contributed by atoms with E-state index in [0.717, 1.165) is 0 Å². The van der Waals surface area contributed by atoms with E-state index in [0.29, 0.717) is 38.4 Å². The van der Waals surface area contributed by atoms with E-state index < -0.39 is 17.2 Å². The molecule has 0 unspecified atom stereocenters. The van der Waals surface area contributed by atoms with Crippen LogP contribution in [0.3, 0.4) is 0 Å². The maximum absolute atomic E-state index is 12.2. The molecule has 0 aromatic rings. The van der Waals surface area contributed by atoms with E-state index in [4.69, 9.17) is 4.74 Å². The molecule has 8 heteroatoms. The van der Waals surface area contributed by atoms with Crippen molar-refractivity contribution in [3.63, 3.8) is 0 Å². The van der Waals surface area contributed by atoms with Crippen molar-refractivity contribution in [3.8, 4) is 0 Å². The first kappa shape index (κ1) is 24.0. The lowest BCUT2D eigenvalue weighted by atomic mass is 9.93. The van der Waals surface area contributed by atoms with Gasteiger partial charge in [0.2, 0.25) is 0 Å². The van der Waals surface area contributed by atoms with Gasteiger partial charge < -0.3 is 25.4 Å². The van der Waals surface area contributed by atoms with Gasteiger partial charge in [-0.3, -0.25) is 9.79 Å². The highest BCUT2D eigenvalue weighted by Crippen LogP contribution is 2.17. The van der Waals surface area contributed by atoms with Crippen LogP contribution in [0.15, 0.2) is 4.99 Å². The van der Waals surface area contributed by atoms with Crippen LogP contribution < -0.4 is 16.0 Å². The topological polar surface area (TPSA) is 101 Å². The number of alkyl carbamates (subject to hydrolysis) is 1. The number of methoxy groups -OCH3 is 1. The predicted molar refractivity (Wildman–Crippen MR) is 103 cm³/mol. The lowest BCUT2D eigenvalue weighted by Gasteiger charge is -2.32. The van der Waals surface area contributed by atoms with Crippen LogP contribution in [0.1, 0.15) is 60.8 Å². The number of esters is 1. The molecule has 0 spiro atoms. The van der Waals surface area contributed by atoms with E-state index in [2.05, 4.69) is 25.7 Å². The number of guanidine groups is 1. The van der Waals surface area contributed by atoms with Crippen LogP contribution in [0.5, 0.6) is 0 Å². The van der Waals surface area contributed by atoms with Gasteiger partial charge in [-0.15, -0.1) is 0 Å². The summed E-state index contributed by atoms with van der Waals surface area (Å²) in [6.45, 7) is 13.0. The number of amides is 1. The van der Waals surface area contributed by atoms with E-state index in [-0.39, 0.29) is 12.4 Å². The summed E-state index contributed by atoms with van der Waals surface area (Å²) in [5, 5.41) is 9.19. The van der Waals surface area contributed by atoms with Gasteiger partial charge in [0.25, 0.3) is 0 Å². The molecule has 0 aromatic heterocycles. The minimum absolute atomic E-state index is 0.254. The van der Waals surface area contributed by atoms with Crippen LogP contribution >= 0.6 is 0 Å². The molecule has 0 aliphatic carbocycles. The third-order valence-corrected chi connectivity index (χ3v) is 3.85. The summed E-state index contributed by atoms with van der Waals surface area (Å²) in [6, 6.07) is 0. The number of aliphatic imine (C=N–C) groups is 1. The third-order valence-electron chi connectivity index (χ3n) is 3.85. The molecule has 0 saturated carbocycles. The van der Waals surface area contributed by atoms with Gasteiger partial charge in [-0.25, -0.2) is 4.79 Å². The molecule has 0 rings (SSSR count). The highest BCUT2D eigenvalue weighted by molar-refractivity contribution is 5.80. The Morgan fingerprint density at radius 2 is 1.65 bits per heavy atom. The summed E-state index contributed by atoms with van der Waals surface area (Å²) in [5.74, 6) is 0.310. The average Bonchev–Trinajstić information content (AvgIpc) is 2.56. The first-order chi connectivity index (χ1) is 12.1. The number of carbonyl (C=O) groups is 2. The monoisotopic (exact) mass is 372 g/mol. The van der Waals surface area contributed by atoms with Crippen LogP contribution in [-0.4, -0.2) is 55.9 Å². The fourth-order valence-electron chi connectivity index (χ4n) is 2.17. The van der Waals surface area contributed by atoms with E-state index in [1.807, 2.05) is 41.5 Å². The lowest BCUT2D eigenvalue weighted by Crippen LogP contribution is -2.52. The minimum atomic E-state index is -0.551. The Balaban J connectivity index is 4.96. The fourth-order valence-corrected chi connectivity index (χ4v) is 2.17. The summed E-state index contributed by atoms with van der Waals surface area (Å²) in [5.41, 5.74) is -1.04. The van der Waals surface area contributed by atoms with Crippen LogP contribution in [-0.2, 0) is 14.3 Å². The van der Waals surface area contributed by atoms with E-state index in [1.54, 1.807) is 0 Å². The summed E-state index contributed by atoms with van der Waals surface area (Å²) in [4.78, 5) is 28.0. The number of ether oxygens (including phenoxy) is 2. The number of nitrogens with zero attached hydrogens (tertiary/aromatic N) is 1. The summed E-state index contributed by atoms with van der Waals surface area (Å²) in [6.07, 6.45) is 1.24. The van der Waals surface area contributed by atoms with Gasteiger partial charge >= 0.3 is 12.1 Å². The Hall–Kier alpha value is -1.99. The van der Waals surface area contributed by atoms with Crippen molar-refractivity contribution in [2.24, 2.45) is 4.99 Å². The molecule has 0 radical (unpaired) electrons. The largest absolute Gasteiger partial charge is 0.469 e. The SMILES string of the molecule is CCNC(=NCC(CC)(CC)NC(=O)OC(C)(C)C)NCCC(=O)OC. The maximum atomic E-state index is 12.2. The van der Waals surface area contributed by atoms with E-state index in [1.165, 1.54) is 7.11 Å². The number of nitrogens with one attached hydrogen (secondary N) is 3. The molecular formula is C18H36N4O4. The summed E-state index contributed by atoms with van der Waals surface area (Å²) in [7, 11) is 1.36. The fraction of sp³-hybridized carbons (Fsp3) is 0.833. The molecule has 0 aliphatic rings. The summed E-state index contributed by atoms with van der Waals surface area (Å²) >= 11 is 0. The minimum Gasteiger partial charge on any atom is -0.469 e. The van der Waals surface area contributed by atoms with E-state index >= 15 is 0 Å². The van der Waals surface area contributed by atoms with Crippen molar-refractivity contribution < 1.29 is 19.1 Å². The predicted octanol–water partition coefficient (Wildman–Crippen LogP) is 2.19. The number of hydrogen-bond acceptors (Lipinski definition) is 5. The quantitative estimate of drug-likeness (QED) is 0.326. The molecule has 0 aliphatic heterocycles. The molecular weight excluding hydrogens is 336 g/mol. The maximum Gasteiger partial charge on any atom is 0.408 e.